The predicted octanol–water partition coefficient (Wildman–Crippen LogP) is 4.69. The molecule has 22 heavy (non-hydrogen) atoms. The number of benzene rings is 2. The van der Waals surface area contributed by atoms with Crippen LogP contribution in [0.4, 0.5) is 0 Å². The van der Waals surface area contributed by atoms with E-state index < -0.39 is 0 Å². The number of thioether (sulfide) groups is 1. The molecule has 1 heterocycles. The van der Waals surface area contributed by atoms with Gasteiger partial charge < -0.3 is 4.57 Å². The fourth-order valence-corrected chi connectivity index (χ4v) is 3.35. The summed E-state index contributed by atoms with van der Waals surface area (Å²) >= 11 is 5.18. The van der Waals surface area contributed by atoms with Gasteiger partial charge in [-0.2, -0.15) is 0 Å². The molecule has 0 bridgehead atoms. The van der Waals surface area contributed by atoms with Crippen LogP contribution < -0.4 is 0 Å². The summed E-state index contributed by atoms with van der Waals surface area (Å²) in [4.78, 5) is 0. The van der Waals surface area contributed by atoms with E-state index in [0.29, 0.717) is 0 Å². The second kappa shape index (κ2) is 7.11. The molecule has 0 amide bonds. The minimum Gasteiger partial charge on any atom is -0.302 e. The van der Waals surface area contributed by atoms with Crippen LogP contribution in [0.5, 0.6) is 0 Å². The maximum absolute atomic E-state index is 4.31. The highest BCUT2D eigenvalue weighted by Crippen LogP contribution is 2.23. The molecule has 3 nitrogen and oxygen atoms in total. The first-order valence-corrected chi connectivity index (χ1v) is 8.81. The van der Waals surface area contributed by atoms with Gasteiger partial charge in [-0.1, -0.05) is 70.2 Å². The molecule has 0 radical (unpaired) electrons. The smallest absolute Gasteiger partial charge is 0.191 e. The lowest BCUT2D eigenvalue weighted by atomic mass is 10.2. The average molecular weight is 374 g/mol. The third-order valence-corrected chi connectivity index (χ3v) is 4.93. The van der Waals surface area contributed by atoms with E-state index >= 15 is 0 Å². The average Bonchev–Trinajstić information content (AvgIpc) is 2.88. The molecule has 3 aromatic rings. The van der Waals surface area contributed by atoms with Crippen molar-refractivity contribution in [2.75, 3.05) is 0 Å². The largest absolute Gasteiger partial charge is 0.302 e. The second-order valence-corrected chi connectivity index (χ2v) is 6.87. The maximum Gasteiger partial charge on any atom is 0.191 e. The zero-order valence-corrected chi connectivity index (χ0v) is 14.6. The van der Waals surface area contributed by atoms with Crippen LogP contribution in [0.25, 0.3) is 0 Å². The van der Waals surface area contributed by atoms with Gasteiger partial charge in [-0.3, -0.25) is 0 Å². The lowest BCUT2D eigenvalue weighted by Gasteiger charge is -2.08. The van der Waals surface area contributed by atoms with Crippen molar-refractivity contribution in [2.24, 2.45) is 0 Å². The van der Waals surface area contributed by atoms with Crippen LogP contribution in [0.15, 0.2) is 64.2 Å². The molecular weight excluding hydrogens is 358 g/mol. The normalized spacial score (nSPS) is 10.8. The number of nitrogens with zero attached hydrogens (tertiary/aromatic N) is 3. The van der Waals surface area contributed by atoms with Crippen molar-refractivity contribution in [3.63, 3.8) is 0 Å². The monoisotopic (exact) mass is 373 g/mol. The Balaban J connectivity index is 1.73. The molecule has 0 spiro atoms. The van der Waals surface area contributed by atoms with E-state index in [1.807, 2.05) is 13.0 Å². The topological polar surface area (TPSA) is 30.7 Å². The first-order valence-electron chi connectivity index (χ1n) is 7.03. The van der Waals surface area contributed by atoms with Crippen molar-refractivity contribution < 1.29 is 0 Å². The van der Waals surface area contributed by atoms with Crippen molar-refractivity contribution in [1.29, 1.82) is 0 Å². The highest BCUT2D eigenvalue weighted by atomic mass is 79.9. The minimum absolute atomic E-state index is 0.808. The van der Waals surface area contributed by atoms with Crippen molar-refractivity contribution >= 4 is 27.7 Å². The van der Waals surface area contributed by atoms with Gasteiger partial charge in [-0.05, 0) is 30.2 Å². The van der Waals surface area contributed by atoms with Gasteiger partial charge in [0, 0.05) is 10.2 Å². The SMILES string of the molecule is Cc1nnc(SCc2ccc(Br)cc2)n1Cc1ccccc1. The Morgan fingerprint density at radius 2 is 1.68 bits per heavy atom. The van der Waals surface area contributed by atoms with Gasteiger partial charge in [0.25, 0.3) is 0 Å². The molecule has 1 aromatic heterocycles. The van der Waals surface area contributed by atoms with Gasteiger partial charge in [-0.25, -0.2) is 0 Å². The van der Waals surface area contributed by atoms with E-state index in [-0.39, 0.29) is 0 Å². The third kappa shape index (κ3) is 3.78. The summed E-state index contributed by atoms with van der Waals surface area (Å²) in [6, 6.07) is 18.8. The Bertz CT molecular complexity index is 738. The molecule has 0 atom stereocenters. The summed E-state index contributed by atoms with van der Waals surface area (Å²) in [7, 11) is 0. The zero-order chi connectivity index (χ0) is 15.4. The van der Waals surface area contributed by atoms with E-state index in [0.717, 1.165) is 27.8 Å². The molecule has 0 aliphatic carbocycles. The molecular formula is C17H16BrN3S. The van der Waals surface area contributed by atoms with E-state index in [1.54, 1.807) is 11.8 Å². The highest BCUT2D eigenvalue weighted by Gasteiger charge is 2.10. The Hall–Kier alpha value is -1.59. The Morgan fingerprint density at radius 3 is 2.41 bits per heavy atom. The van der Waals surface area contributed by atoms with Crippen LogP contribution in [0, 0.1) is 6.92 Å². The fourth-order valence-electron chi connectivity index (χ4n) is 2.14. The van der Waals surface area contributed by atoms with Crippen LogP contribution in [-0.2, 0) is 12.3 Å². The molecule has 0 unspecified atom stereocenters. The quantitative estimate of drug-likeness (QED) is 0.607. The highest BCUT2D eigenvalue weighted by molar-refractivity contribution is 9.10. The Morgan fingerprint density at radius 1 is 0.955 bits per heavy atom. The molecule has 0 saturated carbocycles. The maximum atomic E-state index is 4.31. The molecule has 5 heteroatoms. The van der Waals surface area contributed by atoms with Gasteiger partial charge in [0.15, 0.2) is 5.16 Å². The molecule has 0 saturated heterocycles. The van der Waals surface area contributed by atoms with Gasteiger partial charge in [0.1, 0.15) is 5.82 Å². The summed E-state index contributed by atoms with van der Waals surface area (Å²) in [6.45, 7) is 2.81. The van der Waals surface area contributed by atoms with Crippen molar-refractivity contribution in [2.45, 2.75) is 24.4 Å². The number of halogens is 1. The molecule has 0 N–H and O–H groups in total. The molecule has 0 aliphatic rings. The van der Waals surface area contributed by atoms with Crippen molar-refractivity contribution in [3.05, 3.63) is 76.0 Å². The van der Waals surface area contributed by atoms with E-state index in [1.165, 1.54) is 11.1 Å². The van der Waals surface area contributed by atoms with Crippen molar-refractivity contribution in [3.8, 4) is 0 Å². The van der Waals surface area contributed by atoms with E-state index in [4.69, 9.17) is 0 Å². The van der Waals surface area contributed by atoms with Crippen LogP contribution in [0.1, 0.15) is 17.0 Å². The first-order chi connectivity index (χ1) is 10.7. The minimum atomic E-state index is 0.808. The summed E-state index contributed by atoms with van der Waals surface area (Å²) < 4.78 is 3.27. The summed E-state index contributed by atoms with van der Waals surface area (Å²) in [5.41, 5.74) is 2.54. The van der Waals surface area contributed by atoms with Crippen LogP contribution in [0.2, 0.25) is 0 Å². The number of hydrogen-bond acceptors (Lipinski definition) is 3. The molecule has 0 fully saturated rings. The standard InChI is InChI=1S/C17H16BrN3S/c1-13-19-20-17(21(13)11-14-5-3-2-4-6-14)22-12-15-7-9-16(18)10-8-15/h2-10H,11-12H2,1H3. The number of hydrogen-bond donors (Lipinski definition) is 0. The van der Waals surface area contributed by atoms with Crippen LogP contribution in [0.3, 0.4) is 0 Å². The lowest BCUT2D eigenvalue weighted by molar-refractivity contribution is 0.688. The third-order valence-electron chi connectivity index (χ3n) is 3.37. The Kier molecular flexibility index (Phi) is 4.95. The molecule has 3 rings (SSSR count). The summed E-state index contributed by atoms with van der Waals surface area (Å²) in [5.74, 6) is 1.84. The molecule has 2 aromatic carbocycles. The van der Waals surface area contributed by atoms with Gasteiger partial charge in [0.2, 0.25) is 0 Å². The molecule has 112 valence electrons. The lowest BCUT2D eigenvalue weighted by Crippen LogP contribution is -2.03. The van der Waals surface area contributed by atoms with Crippen molar-refractivity contribution in [1.82, 2.24) is 14.8 Å². The van der Waals surface area contributed by atoms with E-state index in [9.17, 15) is 0 Å². The van der Waals surface area contributed by atoms with Gasteiger partial charge >= 0.3 is 0 Å². The summed E-state index contributed by atoms with van der Waals surface area (Å²) in [5, 5.41) is 9.50. The number of aromatic nitrogens is 3. The predicted molar refractivity (Wildman–Crippen MR) is 94.0 cm³/mol. The van der Waals surface area contributed by atoms with E-state index in [2.05, 4.69) is 79.2 Å². The number of rotatable bonds is 5. The van der Waals surface area contributed by atoms with Gasteiger partial charge in [-0.15, -0.1) is 10.2 Å². The zero-order valence-electron chi connectivity index (χ0n) is 12.2. The van der Waals surface area contributed by atoms with Gasteiger partial charge in [0.05, 0.1) is 6.54 Å². The Labute approximate surface area is 142 Å². The number of aryl methyl sites for hydroxylation is 1. The van der Waals surface area contributed by atoms with Crippen LogP contribution >= 0.6 is 27.7 Å². The van der Waals surface area contributed by atoms with Crippen LogP contribution in [-0.4, -0.2) is 14.8 Å². The summed E-state index contributed by atoms with van der Waals surface area (Å²) in [6.07, 6.45) is 0. The first kappa shape index (κ1) is 15.3. The fraction of sp³-hybridized carbons (Fsp3) is 0.176. The second-order valence-electron chi connectivity index (χ2n) is 5.02. The molecule has 0 aliphatic heterocycles.